The van der Waals surface area contributed by atoms with Crippen LogP contribution < -0.4 is 14.4 Å². The highest BCUT2D eigenvalue weighted by Gasteiger charge is 2.23. The molecule has 28 heavy (non-hydrogen) atoms. The first kappa shape index (κ1) is 21.8. The number of hydrogen-bond donors (Lipinski definition) is 1. The zero-order valence-electron chi connectivity index (χ0n) is 17.0. The Hall–Kier alpha value is -2.54. The van der Waals surface area contributed by atoms with E-state index in [1.807, 2.05) is 51.1 Å². The van der Waals surface area contributed by atoms with Gasteiger partial charge in [-0.25, -0.2) is 8.42 Å². The Kier molecular flexibility index (Phi) is 7.07. The van der Waals surface area contributed by atoms with E-state index >= 15 is 0 Å². The number of carbonyl (C=O) groups excluding carboxylic acids is 1. The van der Waals surface area contributed by atoms with E-state index in [2.05, 4.69) is 5.32 Å². The zero-order valence-corrected chi connectivity index (χ0v) is 17.8. The van der Waals surface area contributed by atoms with Crippen LogP contribution in [0.5, 0.6) is 5.75 Å². The molecule has 1 amide bonds. The molecule has 1 unspecified atom stereocenters. The summed E-state index contributed by atoms with van der Waals surface area (Å²) in [4.78, 5) is 12.6. The Bertz CT molecular complexity index is 924. The van der Waals surface area contributed by atoms with Crippen molar-refractivity contribution < 1.29 is 17.9 Å². The summed E-state index contributed by atoms with van der Waals surface area (Å²) >= 11 is 0. The van der Waals surface area contributed by atoms with Crippen LogP contribution >= 0.6 is 0 Å². The molecule has 0 aliphatic carbocycles. The van der Waals surface area contributed by atoms with Crippen LogP contribution in [0.15, 0.2) is 42.5 Å². The summed E-state index contributed by atoms with van der Waals surface area (Å²) in [5.41, 5.74) is 3.45. The number of rotatable bonds is 8. The number of methoxy groups -OCH3 is 1. The summed E-state index contributed by atoms with van der Waals surface area (Å²) in [7, 11) is -2.00. The van der Waals surface area contributed by atoms with E-state index in [4.69, 9.17) is 4.74 Å². The fourth-order valence-electron chi connectivity index (χ4n) is 2.91. The van der Waals surface area contributed by atoms with Crippen molar-refractivity contribution in [2.24, 2.45) is 0 Å². The molecule has 0 saturated carbocycles. The van der Waals surface area contributed by atoms with Gasteiger partial charge in [-0.1, -0.05) is 25.1 Å². The number of carbonyl (C=O) groups is 1. The summed E-state index contributed by atoms with van der Waals surface area (Å²) in [6, 6.07) is 12.6. The number of anilines is 1. The smallest absolute Gasteiger partial charge is 0.241 e. The molecular weight excluding hydrogens is 376 g/mol. The van der Waals surface area contributed by atoms with Gasteiger partial charge in [0, 0.05) is 0 Å². The van der Waals surface area contributed by atoms with Crippen LogP contribution in [-0.4, -0.2) is 34.2 Å². The first-order valence-corrected chi connectivity index (χ1v) is 11.0. The lowest BCUT2D eigenvalue weighted by Gasteiger charge is -2.24. The summed E-state index contributed by atoms with van der Waals surface area (Å²) in [5.74, 6) is 0.384. The first-order valence-electron chi connectivity index (χ1n) is 9.14. The summed E-state index contributed by atoms with van der Waals surface area (Å²) in [6.07, 6.45) is 1.79. The molecule has 0 aromatic heterocycles. The molecule has 0 aliphatic heterocycles. The van der Waals surface area contributed by atoms with Gasteiger partial charge in [-0.2, -0.15) is 0 Å². The largest absolute Gasteiger partial charge is 0.497 e. The molecule has 7 heteroatoms. The predicted octanol–water partition coefficient (Wildman–Crippen LogP) is 3.35. The second-order valence-electron chi connectivity index (χ2n) is 6.84. The van der Waals surface area contributed by atoms with Crippen LogP contribution in [0.4, 0.5) is 5.69 Å². The number of amides is 1. The van der Waals surface area contributed by atoms with E-state index in [9.17, 15) is 13.2 Å². The Balaban J connectivity index is 2.19. The normalized spacial score (nSPS) is 12.3. The molecule has 0 fully saturated rings. The Labute approximate surface area is 167 Å². The second kappa shape index (κ2) is 9.10. The summed E-state index contributed by atoms with van der Waals surface area (Å²) in [6.45, 7) is 5.56. The third kappa shape index (κ3) is 5.48. The topological polar surface area (TPSA) is 75.7 Å². The molecule has 0 spiro atoms. The van der Waals surface area contributed by atoms with Gasteiger partial charge in [-0.05, 0) is 61.2 Å². The highest BCUT2D eigenvalue weighted by Crippen LogP contribution is 2.22. The minimum atomic E-state index is -3.60. The van der Waals surface area contributed by atoms with Crippen LogP contribution in [0, 0.1) is 13.8 Å². The molecule has 0 radical (unpaired) electrons. The van der Waals surface area contributed by atoms with Crippen LogP contribution in [0.1, 0.15) is 36.1 Å². The van der Waals surface area contributed by atoms with Crippen molar-refractivity contribution in [2.75, 3.05) is 24.2 Å². The molecule has 0 aliphatic rings. The average Bonchev–Trinajstić information content (AvgIpc) is 2.65. The number of nitrogens with zero attached hydrogens (tertiary/aromatic N) is 1. The molecule has 2 rings (SSSR count). The molecule has 2 aromatic carbocycles. The van der Waals surface area contributed by atoms with Crippen molar-refractivity contribution in [3.63, 3.8) is 0 Å². The molecule has 1 N–H and O–H groups in total. The number of hydrogen-bond acceptors (Lipinski definition) is 4. The fourth-order valence-corrected chi connectivity index (χ4v) is 3.76. The van der Waals surface area contributed by atoms with Gasteiger partial charge in [-0.15, -0.1) is 0 Å². The molecule has 0 heterocycles. The summed E-state index contributed by atoms with van der Waals surface area (Å²) < 4.78 is 30.9. The lowest BCUT2D eigenvalue weighted by atomic mass is 10.0. The summed E-state index contributed by atoms with van der Waals surface area (Å²) in [5, 5.41) is 2.93. The lowest BCUT2D eigenvalue weighted by molar-refractivity contribution is -0.120. The van der Waals surface area contributed by atoms with E-state index in [1.165, 1.54) is 0 Å². The predicted molar refractivity (Wildman–Crippen MR) is 112 cm³/mol. The van der Waals surface area contributed by atoms with Gasteiger partial charge in [0.2, 0.25) is 15.9 Å². The number of sulfonamides is 1. The van der Waals surface area contributed by atoms with Crippen molar-refractivity contribution in [3.8, 4) is 5.75 Å². The standard InChI is InChI=1S/C21H28N2O4S/c1-6-20(17-8-11-19(27-4)12-9-17)22-21(24)14-23(28(5,25)26)18-10-7-15(2)16(3)13-18/h7-13,20H,6,14H2,1-5H3,(H,22,24). The van der Waals surface area contributed by atoms with Crippen molar-refractivity contribution in [3.05, 3.63) is 59.2 Å². The zero-order chi connectivity index (χ0) is 20.9. The quantitative estimate of drug-likeness (QED) is 0.732. The number of ether oxygens (including phenoxy) is 1. The third-order valence-electron chi connectivity index (χ3n) is 4.73. The van der Waals surface area contributed by atoms with Crippen molar-refractivity contribution >= 4 is 21.6 Å². The van der Waals surface area contributed by atoms with Gasteiger partial charge in [-0.3, -0.25) is 9.10 Å². The van der Waals surface area contributed by atoms with Crippen LogP contribution in [0.2, 0.25) is 0 Å². The van der Waals surface area contributed by atoms with Crippen LogP contribution in [0.3, 0.4) is 0 Å². The van der Waals surface area contributed by atoms with Gasteiger partial charge in [0.05, 0.1) is 25.1 Å². The van der Waals surface area contributed by atoms with Gasteiger partial charge in [0.1, 0.15) is 12.3 Å². The maximum Gasteiger partial charge on any atom is 0.241 e. The first-order chi connectivity index (χ1) is 13.2. The Morgan fingerprint density at radius 2 is 1.75 bits per heavy atom. The monoisotopic (exact) mass is 404 g/mol. The van der Waals surface area contributed by atoms with Gasteiger partial charge in [0.25, 0.3) is 0 Å². The molecule has 152 valence electrons. The minimum absolute atomic E-state index is 0.209. The Morgan fingerprint density at radius 1 is 1.11 bits per heavy atom. The van der Waals surface area contributed by atoms with Crippen LogP contribution in [0.25, 0.3) is 0 Å². The van der Waals surface area contributed by atoms with Crippen molar-refractivity contribution in [2.45, 2.75) is 33.2 Å². The number of nitrogens with one attached hydrogen (secondary N) is 1. The molecule has 1 atom stereocenters. The maximum absolute atomic E-state index is 12.6. The SMILES string of the molecule is CCC(NC(=O)CN(c1ccc(C)c(C)c1)S(C)(=O)=O)c1ccc(OC)cc1. The Morgan fingerprint density at radius 3 is 2.25 bits per heavy atom. The lowest BCUT2D eigenvalue weighted by Crippen LogP contribution is -2.41. The average molecular weight is 405 g/mol. The van der Waals surface area contributed by atoms with E-state index < -0.39 is 10.0 Å². The number of aryl methyl sites for hydroxylation is 2. The van der Waals surface area contributed by atoms with E-state index in [0.29, 0.717) is 12.1 Å². The highest BCUT2D eigenvalue weighted by atomic mass is 32.2. The van der Waals surface area contributed by atoms with Crippen LogP contribution in [-0.2, 0) is 14.8 Å². The fraction of sp³-hybridized carbons (Fsp3) is 0.381. The molecular formula is C21H28N2O4S. The van der Waals surface area contributed by atoms with Gasteiger partial charge < -0.3 is 10.1 Å². The molecule has 0 saturated heterocycles. The van der Waals surface area contributed by atoms with Crippen molar-refractivity contribution in [1.29, 1.82) is 0 Å². The minimum Gasteiger partial charge on any atom is -0.497 e. The van der Waals surface area contributed by atoms with Crippen molar-refractivity contribution in [1.82, 2.24) is 5.32 Å². The highest BCUT2D eigenvalue weighted by molar-refractivity contribution is 7.92. The molecule has 0 bridgehead atoms. The van der Waals surface area contributed by atoms with Gasteiger partial charge >= 0.3 is 0 Å². The van der Waals surface area contributed by atoms with E-state index in [1.54, 1.807) is 19.2 Å². The third-order valence-corrected chi connectivity index (χ3v) is 5.87. The van der Waals surface area contributed by atoms with Gasteiger partial charge in [0.15, 0.2) is 0 Å². The number of benzene rings is 2. The molecule has 6 nitrogen and oxygen atoms in total. The second-order valence-corrected chi connectivity index (χ2v) is 8.75. The maximum atomic E-state index is 12.6. The molecule has 2 aromatic rings. The van der Waals surface area contributed by atoms with E-state index in [0.717, 1.165) is 33.0 Å². The van der Waals surface area contributed by atoms with E-state index in [-0.39, 0.29) is 18.5 Å².